The predicted octanol–water partition coefficient (Wildman–Crippen LogP) is 8.19. The zero-order valence-electron chi connectivity index (χ0n) is 23.7. The number of aryl methyl sites for hydroxylation is 1. The lowest BCUT2D eigenvalue weighted by atomic mass is 9.32. The third kappa shape index (κ3) is 2.79. The van der Waals surface area contributed by atoms with E-state index in [1.807, 2.05) is 11.3 Å². The smallest absolute Gasteiger partial charge is 0.248 e. The Labute approximate surface area is 255 Å². The SMILES string of the molecule is Cc1sc2cccc3c2c1-c1cccc2c1B3c1cccc3c1N2c1ccccc1C3(c1ccccc1)c1ccccc1. The van der Waals surface area contributed by atoms with Crippen LogP contribution in [0.25, 0.3) is 21.2 Å². The van der Waals surface area contributed by atoms with Crippen molar-refractivity contribution in [3.63, 3.8) is 0 Å². The highest BCUT2D eigenvalue weighted by Gasteiger charge is 2.51. The normalized spacial score (nSPS) is 14.7. The Kier molecular flexibility index (Phi) is 4.61. The second kappa shape index (κ2) is 8.37. The molecule has 0 N–H and O–H groups in total. The van der Waals surface area contributed by atoms with Gasteiger partial charge in [0.15, 0.2) is 0 Å². The van der Waals surface area contributed by atoms with Crippen molar-refractivity contribution >= 4 is 61.6 Å². The molecule has 0 radical (unpaired) electrons. The van der Waals surface area contributed by atoms with Crippen LogP contribution in [0.3, 0.4) is 0 Å². The molecule has 3 aliphatic heterocycles. The van der Waals surface area contributed by atoms with Crippen LogP contribution in [0.5, 0.6) is 0 Å². The Hall–Kier alpha value is -4.86. The fourth-order valence-electron chi connectivity index (χ4n) is 8.62. The average Bonchev–Trinajstić information content (AvgIpc) is 3.41. The quantitative estimate of drug-likeness (QED) is 0.192. The number of nitrogens with zero attached hydrogens (tertiary/aromatic N) is 1. The molecule has 43 heavy (non-hydrogen) atoms. The summed E-state index contributed by atoms with van der Waals surface area (Å²) in [5.74, 6) is 0. The maximum absolute atomic E-state index is 2.59. The summed E-state index contributed by atoms with van der Waals surface area (Å²) in [6, 6.07) is 52.4. The lowest BCUT2D eigenvalue weighted by molar-refractivity contribution is 0.732. The predicted molar refractivity (Wildman–Crippen MR) is 183 cm³/mol. The fraction of sp³-hybridized carbons (Fsp3) is 0.0500. The van der Waals surface area contributed by atoms with Gasteiger partial charge in [0.1, 0.15) is 0 Å². The van der Waals surface area contributed by atoms with Crippen molar-refractivity contribution in [3.8, 4) is 11.1 Å². The van der Waals surface area contributed by atoms with Crippen LogP contribution < -0.4 is 21.3 Å². The Bertz CT molecular complexity index is 2230. The molecule has 10 rings (SSSR count). The van der Waals surface area contributed by atoms with Gasteiger partial charge < -0.3 is 4.90 Å². The molecule has 0 saturated carbocycles. The van der Waals surface area contributed by atoms with Gasteiger partial charge in [-0.2, -0.15) is 0 Å². The second-order valence-electron chi connectivity index (χ2n) is 12.0. The second-order valence-corrected chi connectivity index (χ2v) is 13.3. The number of hydrogen-bond acceptors (Lipinski definition) is 2. The van der Waals surface area contributed by atoms with E-state index in [1.54, 1.807) is 0 Å². The highest BCUT2D eigenvalue weighted by molar-refractivity contribution is 7.20. The van der Waals surface area contributed by atoms with Gasteiger partial charge in [0.25, 0.3) is 0 Å². The van der Waals surface area contributed by atoms with Gasteiger partial charge in [0.05, 0.1) is 11.1 Å². The molecule has 7 aromatic rings. The number of para-hydroxylation sites is 2. The molecule has 0 fully saturated rings. The summed E-state index contributed by atoms with van der Waals surface area (Å²) in [5, 5.41) is 1.44. The standard InChI is InChI=1S/C40H26BNS/c1-25-36-28-17-10-23-34-38(28)41(31-20-12-24-35(43-25)37(31)36)32-21-11-19-30-39(32)42(34)33-22-9-8-18-29(33)40(30,26-13-4-2-5-14-26)27-15-6-3-7-16-27/h2-24H,1H3. The molecule has 6 aromatic carbocycles. The van der Waals surface area contributed by atoms with E-state index in [-0.39, 0.29) is 6.71 Å². The van der Waals surface area contributed by atoms with Crippen LogP contribution in [0.2, 0.25) is 0 Å². The van der Waals surface area contributed by atoms with Crippen molar-refractivity contribution < 1.29 is 0 Å². The molecule has 200 valence electrons. The first kappa shape index (κ1) is 23.7. The summed E-state index contributed by atoms with van der Waals surface area (Å²) in [6.07, 6.45) is 0. The largest absolute Gasteiger partial charge is 0.311 e. The molecule has 0 bridgehead atoms. The van der Waals surface area contributed by atoms with Crippen molar-refractivity contribution in [2.24, 2.45) is 0 Å². The van der Waals surface area contributed by atoms with Crippen molar-refractivity contribution in [2.45, 2.75) is 12.3 Å². The summed E-state index contributed by atoms with van der Waals surface area (Å²) in [6.45, 7) is 2.47. The molecule has 3 heteroatoms. The van der Waals surface area contributed by atoms with Gasteiger partial charge in [0, 0.05) is 26.5 Å². The molecule has 0 spiro atoms. The Morgan fingerprint density at radius 1 is 0.581 bits per heavy atom. The topological polar surface area (TPSA) is 3.24 Å². The first-order chi connectivity index (χ1) is 21.3. The molecule has 0 atom stereocenters. The van der Waals surface area contributed by atoms with E-state index in [2.05, 4.69) is 151 Å². The van der Waals surface area contributed by atoms with Gasteiger partial charge in [-0.1, -0.05) is 127 Å². The summed E-state index contributed by atoms with van der Waals surface area (Å²) in [5.41, 5.74) is 15.8. The summed E-state index contributed by atoms with van der Waals surface area (Å²) >= 11 is 1.93. The van der Waals surface area contributed by atoms with Crippen LogP contribution in [0.4, 0.5) is 17.1 Å². The van der Waals surface area contributed by atoms with Gasteiger partial charge in [-0.3, -0.25) is 0 Å². The lowest BCUT2D eigenvalue weighted by Crippen LogP contribution is -2.60. The lowest BCUT2D eigenvalue weighted by Gasteiger charge is -2.50. The van der Waals surface area contributed by atoms with Gasteiger partial charge in [-0.05, 0) is 69.3 Å². The monoisotopic (exact) mass is 563 g/mol. The molecular formula is C40H26BNS. The van der Waals surface area contributed by atoms with E-state index < -0.39 is 5.41 Å². The van der Waals surface area contributed by atoms with Gasteiger partial charge in [-0.15, -0.1) is 11.3 Å². The van der Waals surface area contributed by atoms with Crippen LogP contribution in [-0.2, 0) is 5.41 Å². The minimum Gasteiger partial charge on any atom is -0.311 e. The number of hydrogen-bond donors (Lipinski definition) is 0. The molecule has 0 unspecified atom stereocenters. The van der Waals surface area contributed by atoms with E-state index in [1.165, 1.54) is 81.8 Å². The van der Waals surface area contributed by atoms with Gasteiger partial charge in [0.2, 0.25) is 6.71 Å². The maximum atomic E-state index is 2.59. The number of anilines is 3. The minimum atomic E-state index is -0.457. The third-order valence-corrected chi connectivity index (χ3v) is 11.2. The van der Waals surface area contributed by atoms with E-state index in [4.69, 9.17) is 0 Å². The summed E-state index contributed by atoms with van der Waals surface area (Å²) < 4.78 is 1.39. The molecule has 0 aliphatic carbocycles. The summed E-state index contributed by atoms with van der Waals surface area (Å²) in [4.78, 5) is 3.99. The van der Waals surface area contributed by atoms with E-state index in [0.717, 1.165) is 0 Å². The molecule has 1 aromatic heterocycles. The van der Waals surface area contributed by atoms with E-state index in [9.17, 15) is 0 Å². The van der Waals surface area contributed by atoms with Crippen LogP contribution in [0.15, 0.2) is 140 Å². The molecule has 1 nitrogen and oxygen atoms in total. The van der Waals surface area contributed by atoms with Crippen molar-refractivity contribution in [1.82, 2.24) is 0 Å². The van der Waals surface area contributed by atoms with Crippen LogP contribution in [-0.4, -0.2) is 6.71 Å². The highest BCUT2D eigenvalue weighted by Crippen LogP contribution is 2.58. The number of rotatable bonds is 2. The van der Waals surface area contributed by atoms with Crippen molar-refractivity contribution in [1.29, 1.82) is 0 Å². The number of thiophene rings is 1. The number of fused-ring (bicyclic) bond motifs is 6. The molecule has 3 aliphatic rings. The van der Waals surface area contributed by atoms with Crippen molar-refractivity contribution in [3.05, 3.63) is 167 Å². The maximum Gasteiger partial charge on any atom is 0.248 e. The van der Waals surface area contributed by atoms with E-state index in [0.29, 0.717) is 0 Å². The van der Waals surface area contributed by atoms with E-state index >= 15 is 0 Å². The first-order valence-corrected chi connectivity index (χ1v) is 15.9. The van der Waals surface area contributed by atoms with Crippen LogP contribution >= 0.6 is 11.3 Å². The summed E-state index contributed by atoms with van der Waals surface area (Å²) in [7, 11) is 0. The molecule has 4 heterocycles. The third-order valence-electron chi connectivity index (χ3n) is 10.1. The van der Waals surface area contributed by atoms with Crippen LogP contribution in [0.1, 0.15) is 27.1 Å². The minimum absolute atomic E-state index is 0.178. The number of benzene rings is 6. The first-order valence-electron chi connectivity index (χ1n) is 15.1. The Balaban J connectivity index is 1.41. The van der Waals surface area contributed by atoms with Crippen LogP contribution in [0, 0.1) is 6.92 Å². The highest BCUT2D eigenvalue weighted by atomic mass is 32.1. The van der Waals surface area contributed by atoms with Gasteiger partial charge in [-0.25, -0.2) is 0 Å². The zero-order chi connectivity index (χ0) is 28.3. The molecular weight excluding hydrogens is 537 g/mol. The average molecular weight is 564 g/mol. The Morgan fingerprint density at radius 2 is 1.21 bits per heavy atom. The van der Waals surface area contributed by atoms with Crippen molar-refractivity contribution in [2.75, 3.05) is 4.90 Å². The fourth-order valence-corrected chi connectivity index (χ4v) is 9.73. The zero-order valence-corrected chi connectivity index (χ0v) is 24.5. The van der Waals surface area contributed by atoms with Gasteiger partial charge >= 0.3 is 0 Å². The molecule has 0 amide bonds. The molecule has 0 saturated heterocycles. The Morgan fingerprint density at radius 3 is 2.00 bits per heavy atom.